The van der Waals surface area contributed by atoms with Crippen molar-refractivity contribution in [3.05, 3.63) is 29.8 Å². The van der Waals surface area contributed by atoms with Crippen molar-refractivity contribution in [2.45, 2.75) is 19.8 Å². The first kappa shape index (κ1) is 18.2. The van der Waals surface area contributed by atoms with Gasteiger partial charge in [-0.3, -0.25) is 9.59 Å². The Morgan fingerprint density at radius 2 is 1.73 bits per heavy atom. The van der Waals surface area contributed by atoms with Gasteiger partial charge >= 0.3 is 17.9 Å². The van der Waals surface area contributed by atoms with Crippen LogP contribution in [0.5, 0.6) is 5.75 Å². The zero-order chi connectivity index (χ0) is 18.7. The van der Waals surface area contributed by atoms with Crippen LogP contribution in [-0.2, 0) is 23.8 Å². The number of esters is 3. The molecule has 26 heavy (non-hydrogen) atoms. The highest BCUT2D eigenvalue weighted by atomic mass is 16.7. The number of carbonyl (C=O) groups is 3. The number of rotatable bonds is 7. The molecule has 0 bridgehead atoms. The number of carbonyl (C=O) groups excluding carboxylic acids is 3. The van der Waals surface area contributed by atoms with Crippen LogP contribution in [0.2, 0.25) is 0 Å². The van der Waals surface area contributed by atoms with Crippen LogP contribution in [0.15, 0.2) is 24.3 Å². The Morgan fingerprint density at radius 3 is 2.38 bits per heavy atom. The summed E-state index contributed by atoms with van der Waals surface area (Å²) in [5, 5.41) is 0. The van der Waals surface area contributed by atoms with Gasteiger partial charge in [-0.05, 0) is 55.9 Å². The maximum Gasteiger partial charge on any atom is 0.341 e. The second-order valence-corrected chi connectivity index (χ2v) is 6.44. The van der Waals surface area contributed by atoms with Crippen molar-refractivity contribution in [2.75, 3.05) is 20.5 Å². The predicted octanol–water partition coefficient (Wildman–Crippen LogP) is 2.19. The fourth-order valence-corrected chi connectivity index (χ4v) is 3.79. The van der Waals surface area contributed by atoms with E-state index in [0.29, 0.717) is 24.3 Å². The van der Waals surface area contributed by atoms with Gasteiger partial charge in [0.15, 0.2) is 0 Å². The Morgan fingerprint density at radius 1 is 1.00 bits per heavy atom. The molecule has 2 aliphatic rings. The SMILES string of the molecule is CCOC(=O)C1C2CCC(C(=O)OCOC(=O)c3ccc(OC)cc3)C21. The molecule has 4 unspecified atom stereocenters. The van der Waals surface area contributed by atoms with Gasteiger partial charge in [0.05, 0.1) is 31.1 Å². The van der Waals surface area contributed by atoms with E-state index in [1.165, 1.54) is 7.11 Å². The zero-order valence-electron chi connectivity index (χ0n) is 14.8. The third-order valence-electron chi connectivity index (χ3n) is 5.08. The van der Waals surface area contributed by atoms with Gasteiger partial charge in [-0.25, -0.2) is 4.79 Å². The summed E-state index contributed by atoms with van der Waals surface area (Å²) in [6, 6.07) is 6.42. The van der Waals surface area contributed by atoms with E-state index in [-0.39, 0.29) is 29.6 Å². The first-order valence-electron chi connectivity index (χ1n) is 8.71. The number of ether oxygens (including phenoxy) is 4. The van der Waals surface area contributed by atoms with E-state index in [9.17, 15) is 14.4 Å². The van der Waals surface area contributed by atoms with Crippen LogP contribution in [0.3, 0.4) is 0 Å². The quantitative estimate of drug-likeness (QED) is 0.543. The van der Waals surface area contributed by atoms with Crippen molar-refractivity contribution in [1.29, 1.82) is 0 Å². The average Bonchev–Trinajstić information content (AvgIpc) is 3.21. The molecule has 2 saturated carbocycles. The minimum Gasteiger partial charge on any atom is -0.497 e. The molecule has 0 amide bonds. The van der Waals surface area contributed by atoms with Gasteiger partial charge in [-0.2, -0.15) is 0 Å². The lowest BCUT2D eigenvalue weighted by atomic mass is 10.0. The standard InChI is InChI=1S/C19H22O7/c1-3-24-19(22)16-13-8-9-14(15(13)16)18(21)26-10-25-17(20)11-4-6-12(23-2)7-5-11/h4-7,13-16H,3,8-10H2,1-2H3. The molecule has 0 aromatic heterocycles. The van der Waals surface area contributed by atoms with Gasteiger partial charge in [0.25, 0.3) is 0 Å². The Kier molecular flexibility index (Phi) is 5.44. The summed E-state index contributed by atoms with van der Waals surface area (Å²) in [6.45, 7) is 1.66. The molecule has 2 fully saturated rings. The predicted molar refractivity (Wildman–Crippen MR) is 89.2 cm³/mol. The third kappa shape index (κ3) is 3.66. The van der Waals surface area contributed by atoms with E-state index < -0.39 is 18.7 Å². The van der Waals surface area contributed by atoms with E-state index in [0.717, 1.165) is 6.42 Å². The van der Waals surface area contributed by atoms with Gasteiger partial charge in [-0.1, -0.05) is 0 Å². The molecular weight excluding hydrogens is 340 g/mol. The lowest BCUT2D eigenvalue weighted by Gasteiger charge is -2.13. The van der Waals surface area contributed by atoms with Gasteiger partial charge in [0.1, 0.15) is 5.75 Å². The average molecular weight is 362 g/mol. The highest BCUT2D eigenvalue weighted by Gasteiger charge is 2.64. The number of fused-ring (bicyclic) bond motifs is 1. The van der Waals surface area contributed by atoms with E-state index in [2.05, 4.69) is 0 Å². The van der Waals surface area contributed by atoms with E-state index in [4.69, 9.17) is 18.9 Å². The lowest BCUT2D eigenvalue weighted by Crippen LogP contribution is -2.23. The molecule has 1 aromatic rings. The van der Waals surface area contributed by atoms with E-state index >= 15 is 0 Å². The first-order chi connectivity index (χ1) is 12.6. The highest BCUT2D eigenvalue weighted by Crippen LogP contribution is 2.61. The fraction of sp³-hybridized carbons (Fsp3) is 0.526. The molecule has 1 aromatic carbocycles. The third-order valence-corrected chi connectivity index (χ3v) is 5.08. The Labute approximate surface area is 151 Å². The molecule has 0 radical (unpaired) electrons. The number of hydrogen-bond acceptors (Lipinski definition) is 7. The smallest absolute Gasteiger partial charge is 0.341 e. The topological polar surface area (TPSA) is 88.1 Å². The molecule has 0 heterocycles. The van der Waals surface area contributed by atoms with Crippen LogP contribution >= 0.6 is 0 Å². The summed E-state index contributed by atoms with van der Waals surface area (Å²) in [4.78, 5) is 36.0. The van der Waals surface area contributed by atoms with E-state index in [1.807, 2.05) is 0 Å². The molecule has 7 nitrogen and oxygen atoms in total. The van der Waals surface area contributed by atoms with Crippen molar-refractivity contribution in [3.63, 3.8) is 0 Å². The molecule has 0 N–H and O–H groups in total. The summed E-state index contributed by atoms with van der Waals surface area (Å²) in [6.07, 6.45) is 1.51. The van der Waals surface area contributed by atoms with Crippen molar-refractivity contribution < 1.29 is 33.3 Å². The summed E-state index contributed by atoms with van der Waals surface area (Å²) < 4.78 is 20.1. The van der Waals surface area contributed by atoms with Crippen molar-refractivity contribution >= 4 is 17.9 Å². The van der Waals surface area contributed by atoms with Crippen molar-refractivity contribution in [1.82, 2.24) is 0 Å². The Bertz CT molecular complexity index is 682. The van der Waals surface area contributed by atoms with Crippen LogP contribution < -0.4 is 4.74 Å². The summed E-state index contributed by atoms with van der Waals surface area (Å²) in [5.74, 6) is -0.910. The van der Waals surface area contributed by atoms with Gasteiger partial charge in [0.2, 0.25) is 6.79 Å². The lowest BCUT2D eigenvalue weighted by molar-refractivity contribution is -0.158. The van der Waals surface area contributed by atoms with Crippen molar-refractivity contribution in [3.8, 4) is 5.75 Å². The van der Waals surface area contributed by atoms with Crippen LogP contribution in [-0.4, -0.2) is 38.4 Å². The second-order valence-electron chi connectivity index (χ2n) is 6.44. The molecule has 3 rings (SSSR count). The number of benzene rings is 1. The van der Waals surface area contributed by atoms with Crippen LogP contribution in [0.25, 0.3) is 0 Å². The van der Waals surface area contributed by atoms with Gasteiger partial charge < -0.3 is 18.9 Å². The monoisotopic (exact) mass is 362 g/mol. The normalized spacial score (nSPS) is 25.8. The maximum absolute atomic E-state index is 12.2. The number of methoxy groups -OCH3 is 1. The second kappa shape index (κ2) is 7.76. The zero-order valence-corrected chi connectivity index (χ0v) is 14.8. The molecule has 2 aliphatic carbocycles. The highest BCUT2D eigenvalue weighted by molar-refractivity contribution is 5.89. The van der Waals surface area contributed by atoms with Crippen LogP contribution in [0.1, 0.15) is 30.1 Å². The van der Waals surface area contributed by atoms with Gasteiger partial charge in [0, 0.05) is 0 Å². The van der Waals surface area contributed by atoms with Crippen LogP contribution in [0.4, 0.5) is 0 Å². The molecule has 140 valence electrons. The van der Waals surface area contributed by atoms with E-state index in [1.54, 1.807) is 31.2 Å². The Hall–Kier alpha value is -2.57. The van der Waals surface area contributed by atoms with Crippen molar-refractivity contribution in [2.24, 2.45) is 23.7 Å². The summed E-state index contributed by atoms with van der Waals surface area (Å²) in [5.41, 5.74) is 0.340. The molecular formula is C19H22O7. The maximum atomic E-state index is 12.2. The largest absolute Gasteiger partial charge is 0.497 e. The van der Waals surface area contributed by atoms with Gasteiger partial charge in [-0.15, -0.1) is 0 Å². The first-order valence-corrected chi connectivity index (χ1v) is 8.71. The molecule has 7 heteroatoms. The summed E-state index contributed by atoms with van der Waals surface area (Å²) in [7, 11) is 1.53. The fourth-order valence-electron chi connectivity index (χ4n) is 3.79. The molecule has 0 spiro atoms. The Balaban J connectivity index is 1.44. The minimum absolute atomic E-state index is 0.00107. The van der Waals surface area contributed by atoms with Crippen LogP contribution in [0, 0.1) is 23.7 Å². The molecule has 0 saturated heterocycles. The molecule has 0 aliphatic heterocycles. The summed E-state index contributed by atoms with van der Waals surface area (Å²) >= 11 is 0. The minimum atomic E-state index is -0.583. The molecule has 4 atom stereocenters. The number of hydrogen-bond donors (Lipinski definition) is 0.